The Bertz CT molecular complexity index is 1590. The summed E-state index contributed by atoms with van der Waals surface area (Å²) in [6.45, 7) is 7.65. The fourth-order valence-electron chi connectivity index (χ4n) is 6.35. The molecule has 18 heteroatoms. The van der Waals surface area contributed by atoms with Crippen molar-refractivity contribution in [3.05, 3.63) is 47.0 Å². The van der Waals surface area contributed by atoms with E-state index in [1.165, 1.54) is 21.0 Å². The lowest BCUT2D eigenvalue weighted by molar-refractivity contribution is -0.350. The molecule has 0 aliphatic carbocycles. The van der Waals surface area contributed by atoms with Gasteiger partial charge >= 0.3 is 29.8 Å². The molecule has 2 fully saturated rings. The van der Waals surface area contributed by atoms with E-state index in [0.717, 1.165) is 45.1 Å². The maximum Gasteiger partial charge on any atom is 0.303 e. The van der Waals surface area contributed by atoms with Gasteiger partial charge in [-0.15, -0.1) is 0 Å². The van der Waals surface area contributed by atoms with Crippen LogP contribution >= 0.6 is 0 Å². The molecule has 296 valence electrons. The first-order chi connectivity index (χ1) is 25.5. The third-order valence-corrected chi connectivity index (χ3v) is 8.72. The molecule has 0 spiro atoms. The zero-order valence-electron chi connectivity index (χ0n) is 31.2. The average Bonchev–Trinajstić information content (AvgIpc) is 3.28. The van der Waals surface area contributed by atoms with E-state index in [4.69, 9.17) is 47.4 Å². The molecule has 2 saturated heterocycles. The molecule has 0 unspecified atom stereocenters. The zero-order chi connectivity index (χ0) is 39.9. The molecule has 1 aromatic rings. The van der Waals surface area contributed by atoms with Crippen LogP contribution in [0.1, 0.15) is 54.0 Å². The van der Waals surface area contributed by atoms with Gasteiger partial charge in [0.05, 0.1) is 13.2 Å². The maximum atomic E-state index is 13.7. The molecule has 10 atom stereocenters. The van der Waals surface area contributed by atoms with Gasteiger partial charge in [-0.3, -0.25) is 38.5 Å². The highest BCUT2D eigenvalue weighted by molar-refractivity contribution is 6.19. The lowest BCUT2D eigenvalue weighted by atomic mass is 9.93. The Labute approximate surface area is 311 Å². The summed E-state index contributed by atoms with van der Waals surface area (Å²) in [5.41, 5.74) is 1.06. The third-order valence-electron chi connectivity index (χ3n) is 8.72. The predicted molar refractivity (Wildman–Crippen MR) is 178 cm³/mol. The SMILES string of the molecule is CO[C@@H]1O[C@H](COCc2ccccc2)[C@@H](OC(C)=O)[C@@H](O[C@@H]2O[C@H](COC(C)=O)[C@H](OC(C)=O)[C@H](OC(C)=O)[C@H]2OC(C)=O)[C@H]1N1C(=O)C(C)=C(C)C1=O. The van der Waals surface area contributed by atoms with Crippen molar-refractivity contribution < 1.29 is 80.9 Å². The molecule has 3 heterocycles. The highest BCUT2D eigenvalue weighted by Gasteiger charge is 2.59. The molecule has 2 amide bonds. The van der Waals surface area contributed by atoms with E-state index in [0.29, 0.717) is 0 Å². The quantitative estimate of drug-likeness (QED) is 0.147. The van der Waals surface area contributed by atoms with Crippen LogP contribution in [-0.2, 0) is 87.5 Å². The molecule has 0 N–H and O–H groups in total. The van der Waals surface area contributed by atoms with Crippen LogP contribution in [0.25, 0.3) is 0 Å². The van der Waals surface area contributed by atoms with Gasteiger partial charge in [-0.2, -0.15) is 0 Å². The number of hydrogen-bond donors (Lipinski definition) is 0. The van der Waals surface area contributed by atoms with Crippen molar-refractivity contribution in [2.45, 2.75) is 116 Å². The van der Waals surface area contributed by atoms with E-state index in [2.05, 4.69) is 0 Å². The summed E-state index contributed by atoms with van der Waals surface area (Å²) in [7, 11) is 1.26. The van der Waals surface area contributed by atoms with Gasteiger partial charge in [0.25, 0.3) is 11.8 Å². The van der Waals surface area contributed by atoms with Crippen molar-refractivity contribution in [1.82, 2.24) is 4.90 Å². The van der Waals surface area contributed by atoms with Gasteiger partial charge in [-0.25, -0.2) is 0 Å². The van der Waals surface area contributed by atoms with Crippen molar-refractivity contribution in [3.8, 4) is 0 Å². The first-order valence-electron chi connectivity index (χ1n) is 17.0. The zero-order valence-corrected chi connectivity index (χ0v) is 31.2. The second-order valence-electron chi connectivity index (χ2n) is 12.7. The topological polar surface area (TPSA) is 215 Å². The van der Waals surface area contributed by atoms with Crippen LogP contribution in [0, 0.1) is 0 Å². The van der Waals surface area contributed by atoms with Gasteiger partial charge in [0, 0.05) is 52.9 Å². The largest absolute Gasteiger partial charge is 0.463 e. The molecule has 18 nitrogen and oxygen atoms in total. The summed E-state index contributed by atoms with van der Waals surface area (Å²) in [6.07, 6.45) is -13.7. The number of carbonyl (C=O) groups is 7. The number of benzene rings is 1. The summed E-state index contributed by atoms with van der Waals surface area (Å²) in [5.74, 6) is -5.63. The van der Waals surface area contributed by atoms with Gasteiger partial charge in [-0.1, -0.05) is 30.3 Å². The molecule has 0 aromatic heterocycles. The van der Waals surface area contributed by atoms with E-state index in [1.807, 2.05) is 30.3 Å². The maximum absolute atomic E-state index is 13.7. The van der Waals surface area contributed by atoms with E-state index in [1.54, 1.807) is 0 Å². The number of ether oxygens (including phenoxy) is 10. The number of amides is 2. The summed E-state index contributed by atoms with van der Waals surface area (Å²) in [5, 5.41) is 0. The molecule has 1 aromatic carbocycles. The summed E-state index contributed by atoms with van der Waals surface area (Å²) < 4.78 is 58.1. The van der Waals surface area contributed by atoms with Crippen LogP contribution < -0.4 is 0 Å². The number of rotatable bonds is 14. The van der Waals surface area contributed by atoms with Gasteiger partial charge in [0.2, 0.25) is 0 Å². The van der Waals surface area contributed by atoms with Crippen molar-refractivity contribution in [2.24, 2.45) is 0 Å². The van der Waals surface area contributed by atoms with E-state index < -0.39 is 110 Å². The van der Waals surface area contributed by atoms with Crippen molar-refractivity contribution in [3.63, 3.8) is 0 Å². The van der Waals surface area contributed by atoms with E-state index >= 15 is 0 Å². The fourth-order valence-corrected chi connectivity index (χ4v) is 6.35. The van der Waals surface area contributed by atoms with Crippen LogP contribution in [0.3, 0.4) is 0 Å². The Morgan fingerprint density at radius 1 is 0.630 bits per heavy atom. The standard InChI is InChI=1S/C36H45NO17/c1-17-18(2)34(44)37(33(17)43)27-30(28(48-20(4)39)25(52-35(27)45-8)15-46-14-24-12-10-9-11-13-24)54-36-32(51-23(7)42)31(50-22(6)41)29(49-21(5)40)26(53-36)16-47-19(3)38/h9-13,25-32,35-36H,14-16H2,1-8H3/t25-,26-,27-,28-,29+,30+,31+,32-,35-,36+/m1/s1. The van der Waals surface area contributed by atoms with Gasteiger partial charge in [0.15, 0.2) is 37.0 Å². The smallest absolute Gasteiger partial charge is 0.303 e. The monoisotopic (exact) mass is 763 g/mol. The third kappa shape index (κ3) is 10.1. The lowest BCUT2D eigenvalue weighted by Crippen LogP contribution is -2.70. The molecule has 54 heavy (non-hydrogen) atoms. The minimum atomic E-state index is -1.80. The molecular formula is C36H45NO17. The minimum Gasteiger partial charge on any atom is -0.463 e. The number of methoxy groups -OCH3 is 1. The molecule has 0 radical (unpaired) electrons. The minimum absolute atomic E-state index is 0.116. The first-order valence-corrected chi connectivity index (χ1v) is 17.0. The Hall–Kier alpha value is -4.75. The van der Waals surface area contributed by atoms with Gasteiger partial charge in [0.1, 0.15) is 31.0 Å². The fraction of sp³-hybridized carbons (Fsp3) is 0.583. The van der Waals surface area contributed by atoms with Crippen molar-refractivity contribution >= 4 is 41.7 Å². The highest BCUT2D eigenvalue weighted by atomic mass is 16.8. The Kier molecular flexibility index (Phi) is 14.4. The van der Waals surface area contributed by atoms with E-state index in [-0.39, 0.29) is 24.4 Å². The molecular weight excluding hydrogens is 718 g/mol. The second-order valence-corrected chi connectivity index (χ2v) is 12.7. The van der Waals surface area contributed by atoms with Crippen LogP contribution in [0.4, 0.5) is 0 Å². The van der Waals surface area contributed by atoms with Gasteiger partial charge in [-0.05, 0) is 19.4 Å². The summed E-state index contributed by atoms with van der Waals surface area (Å²) >= 11 is 0. The van der Waals surface area contributed by atoms with Gasteiger partial charge < -0.3 is 47.4 Å². The lowest BCUT2D eigenvalue weighted by Gasteiger charge is -2.50. The summed E-state index contributed by atoms with van der Waals surface area (Å²) in [6, 6.07) is 7.65. The Balaban J connectivity index is 1.85. The Morgan fingerprint density at radius 2 is 1.11 bits per heavy atom. The number of esters is 5. The normalized spacial score (nSPS) is 29.7. The average molecular weight is 764 g/mol. The second kappa shape index (κ2) is 18.5. The Morgan fingerprint density at radius 3 is 1.63 bits per heavy atom. The van der Waals surface area contributed by atoms with Crippen molar-refractivity contribution in [1.29, 1.82) is 0 Å². The van der Waals surface area contributed by atoms with Crippen molar-refractivity contribution in [2.75, 3.05) is 20.3 Å². The number of carbonyl (C=O) groups excluding carboxylic acids is 7. The number of nitrogens with zero attached hydrogens (tertiary/aromatic N) is 1. The molecule has 3 aliphatic rings. The molecule has 3 aliphatic heterocycles. The van der Waals surface area contributed by atoms with E-state index in [9.17, 15) is 33.6 Å². The van der Waals surface area contributed by atoms with Crippen LogP contribution in [-0.4, -0.2) is 128 Å². The number of imide groups is 1. The predicted octanol–water partition coefficient (Wildman–Crippen LogP) is 1.05. The van der Waals surface area contributed by atoms with Crippen LogP contribution in [0.15, 0.2) is 41.5 Å². The van der Waals surface area contributed by atoms with Crippen LogP contribution in [0.5, 0.6) is 0 Å². The number of hydrogen-bond acceptors (Lipinski definition) is 17. The first kappa shape index (κ1) is 42.0. The molecule has 0 bridgehead atoms. The molecule has 4 rings (SSSR count). The highest BCUT2D eigenvalue weighted by Crippen LogP contribution is 2.38. The molecule has 0 saturated carbocycles. The summed E-state index contributed by atoms with van der Waals surface area (Å²) in [4.78, 5) is 90.1. The van der Waals surface area contributed by atoms with Crippen LogP contribution in [0.2, 0.25) is 0 Å².